The average Bonchev–Trinajstić information content (AvgIpc) is 3.21. The molecule has 1 amide bonds. The van der Waals surface area contributed by atoms with Crippen LogP contribution in [-0.4, -0.2) is 22.0 Å². The van der Waals surface area contributed by atoms with E-state index < -0.39 is 16.8 Å². The number of aliphatic carboxylic acids is 1. The summed E-state index contributed by atoms with van der Waals surface area (Å²) in [6.45, 7) is 7.59. The largest absolute Gasteiger partial charge is 0.481 e. The predicted molar refractivity (Wildman–Crippen MR) is 121 cm³/mol. The lowest BCUT2D eigenvalue weighted by molar-refractivity contribution is -0.154. The second kappa shape index (κ2) is 7.20. The monoisotopic (exact) mass is 422 g/mol. The van der Waals surface area contributed by atoms with Crippen molar-refractivity contribution in [3.8, 4) is 10.6 Å². The van der Waals surface area contributed by atoms with Crippen molar-refractivity contribution in [3.63, 3.8) is 0 Å². The molecule has 3 aromatic rings. The number of aryl methyl sites for hydroxylation is 1. The number of benzene rings is 2. The minimum absolute atomic E-state index is 0.117. The van der Waals surface area contributed by atoms with Crippen LogP contribution in [0, 0.1) is 23.7 Å². The Morgan fingerprint density at radius 2 is 1.83 bits per heavy atom. The molecule has 4 rings (SSSR count). The summed E-state index contributed by atoms with van der Waals surface area (Å²) in [6, 6.07) is 13.9. The third-order valence-corrected chi connectivity index (χ3v) is 8.03. The second-order valence-electron chi connectivity index (χ2n) is 9.01. The first-order chi connectivity index (χ1) is 14.1. The van der Waals surface area contributed by atoms with Crippen LogP contribution in [0.5, 0.6) is 0 Å². The van der Waals surface area contributed by atoms with Crippen molar-refractivity contribution >= 4 is 39.1 Å². The molecule has 6 heteroatoms. The van der Waals surface area contributed by atoms with E-state index in [1.807, 2.05) is 44.2 Å². The van der Waals surface area contributed by atoms with Gasteiger partial charge in [-0.2, -0.15) is 0 Å². The van der Waals surface area contributed by atoms with Gasteiger partial charge in [-0.3, -0.25) is 9.59 Å². The van der Waals surface area contributed by atoms with E-state index in [0.29, 0.717) is 18.5 Å². The number of nitrogens with zero attached hydrogens (tertiary/aromatic N) is 1. The molecule has 1 aliphatic rings. The molecule has 30 heavy (non-hydrogen) atoms. The highest BCUT2D eigenvalue weighted by Gasteiger charge is 2.58. The molecule has 156 valence electrons. The number of amides is 1. The van der Waals surface area contributed by atoms with E-state index in [-0.39, 0.29) is 11.8 Å². The molecule has 0 aliphatic heterocycles. The topological polar surface area (TPSA) is 79.3 Å². The second-order valence-corrected chi connectivity index (χ2v) is 10.0. The standard InChI is InChI=1S/C24H26N2O3S/c1-14-5-10-18-19(13-14)30-21(26-18)15-6-8-16(9-7-15)25-20(27)17-11-12-24(4,22(28)29)23(17,2)3/h5-10,13,17H,11-12H2,1-4H3,(H,25,27)(H,28,29)/t17-,24+/m0/s1. The van der Waals surface area contributed by atoms with Crippen molar-refractivity contribution in [2.24, 2.45) is 16.7 Å². The Morgan fingerprint density at radius 1 is 1.13 bits per heavy atom. The summed E-state index contributed by atoms with van der Waals surface area (Å²) in [7, 11) is 0. The zero-order valence-corrected chi connectivity index (χ0v) is 18.5. The molecule has 0 radical (unpaired) electrons. The van der Waals surface area contributed by atoms with E-state index in [1.165, 1.54) is 5.56 Å². The molecule has 2 aromatic carbocycles. The van der Waals surface area contributed by atoms with Gasteiger partial charge in [0.2, 0.25) is 5.91 Å². The molecule has 2 N–H and O–H groups in total. The van der Waals surface area contributed by atoms with Crippen LogP contribution in [0.4, 0.5) is 5.69 Å². The molecule has 1 fully saturated rings. The molecule has 0 bridgehead atoms. The quantitative estimate of drug-likeness (QED) is 0.562. The van der Waals surface area contributed by atoms with Gasteiger partial charge in [-0.25, -0.2) is 4.98 Å². The summed E-state index contributed by atoms with van der Waals surface area (Å²) in [5.41, 5.74) is 2.39. The first-order valence-electron chi connectivity index (χ1n) is 10.1. The number of carboxylic acids is 1. The fourth-order valence-corrected chi connectivity index (χ4v) is 5.49. The van der Waals surface area contributed by atoms with Crippen molar-refractivity contribution in [3.05, 3.63) is 48.0 Å². The van der Waals surface area contributed by atoms with Crippen LogP contribution in [0.1, 0.15) is 39.2 Å². The lowest BCUT2D eigenvalue weighted by Crippen LogP contribution is -2.43. The Balaban J connectivity index is 1.51. The van der Waals surface area contributed by atoms with Crippen LogP contribution >= 0.6 is 11.3 Å². The Morgan fingerprint density at radius 3 is 2.47 bits per heavy atom. The van der Waals surface area contributed by atoms with E-state index in [1.54, 1.807) is 18.3 Å². The zero-order chi connectivity index (χ0) is 21.7. The third-order valence-electron chi connectivity index (χ3n) is 6.96. The van der Waals surface area contributed by atoms with Crippen LogP contribution in [-0.2, 0) is 9.59 Å². The van der Waals surface area contributed by atoms with E-state index in [4.69, 9.17) is 4.98 Å². The van der Waals surface area contributed by atoms with Gasteiger partial charge in [-0.1, -0.05) is 19.9 Å². The number of nitrogens with one attached hydrogen (secondary N) is 1. The first-order valence-corrected chi connectivity index (χ1v) is 11.0. The Kier molecular flexibility index (Phi) is 4.93. The summed E-state index contributed by atoms with van der Waals surface area (Å²) in [4.78, 5) is 29.4. The summed E-state index contributed by atoms with van der Waals surface area (Å²) >= 11 is 1.65. The normalized spacial score (nSPS) is 22.9. The highest BCUT2D eigenvalue weighted by atomic mass is 32.1. The molecule has 1 aromatic heterocycles. The number of hydrogen-bond donors (Lipinski definition) is 2. The highest BCUT2D eigenvalue weighted by molar-refractivity contribution is 7.21. The van der Waals surface area contributed by atoms with Gasteiger partial charge >= 0.3 is 5.97 Å². The minimum atomic E-state index is -0.899. The van der Waals surface area contributed by atoms with Gasteiger partial charge in [-0.05, 0) is 74.1 Å². The van der Waals surface area contributed by atoms with Crippen molar-refractivity contribution in [2.75, 3.05) is 5.32 Å². The Labute approximate surface area is 180 Å². The van der Waals surface area contributed by atoms with Crippen LogP contribution < -0.4 is 5.32 Å². The van der Waals surface area contributed by atoms with Gasteiger partial charge < -0.3 is 10.4 Å². The maximum atomic E-state index is 12.9. The fourth-order valence-electron chi connectivity index (χ4n) is 4.42. The van der Waals surface area contributed by atoms with Gasteiger partial charge in [0.05, 0.1) is 15.6 Å². The molecule has 1 saturated carbocycles. The lowest BCUT2D eigenvalue weighted by atomic mass is 9.65. The third kappa shape index (κ3) is 3.29. The SMILES string of the molecule is Cc1ccc2nc(-c3ccc(NC(=O)[C@@H]4CC[C@](C)(C(=O)O)C4(C)C)cc3)sc2c1. The summed E-state index contributed by atoms with van der Waals surface area (Å²) in [5.74, 6) is -1.29. The smallest absolute Gasteiger partial charge is 0.309 e. The molecule has 2 atom stereocenters. The Bertz CT molecular complexity index is 1130. The summed E-state index contributed by atoms with van der Waals surface area (Å²) in [6.07, 6.45) is 1.08. The fraction of sp³-hybridized carbons (Fsp3) is 0.375. The van der Waals surface area contributed by atoms with Crippen LogP contribution in [0.25, 0.3) is 20.8 Å². The van der Waals surface area contributed by atoms with Gasteiger partial charge in [0.15, 0.2) is 0 Å². The average molecular weight is 423 g/mol. The minimum Gasteiger partial charge on any atom is -0.481 e. The summed E-state index contributed by atoms with van der Waals surface area (Å²) < 4.78 is 1.16. The maximum absolute atomic E-state index is 12.9. The van der Waals surface area contributed by atoms with Crippen molar-refractivity contribution in [2.45, 2.75) is 40.5 Å². The van der Waals surface area contributed by atoms with Crippen molar-refractivity contribution < 1.29 is 14.7 Å². The molecule has 1 heterocycles. The molecular formula is C24H26N2O3S. The van der Waals surface area contributed by atoms with E-state index in [9.17, 15) is 14.7 Å². The van der Waals surface area contributed by atoms with Crippen LogP contribution in [0.3, 0.4) is 0 Å². The molecular weight excluding hydrogens is 396 g/mol. The van der Waals surface area contributed by atoms with Crippen LogP contribution in [0.15, 0.2) is 42.5 Å². The molecule has 5 nitrogen and oxygen atoms in total. The van der Waals surface area contributed by atoms with E-state index >= 15 is 0 Å². The van der Waals surface area contributed by atoms with Crippen molar-refractivity contribution in [1.29, 1.82) is 0 Å². The van der Waals surface area contributed by atoms with E-state index in [2.05, 4.69) is 24.4 Å². The number of fused-ring (bicyclic) bond motifs is 1. The Hall–Kier alpha value is -2.73. The maximum Gasteiger partial charge on any atom is 0.309 e. The van der Waals surface area contributed by atoms with Crippen molar-refractivity contribution in [1.82, 2.24) is 4.98 Å². The molecule has 0 spiro atoms. The first kappa shape index (κ1) is 20.5. The number of rotatable bonds is 4. The molecule has 0 unspecified atom stereocenters. The van der Waals surface area contributed by atoms with Gasteiger partial charge in [-0.15, -0.1) is 11.3 Å². The van der Waals surface area contributed by atoms with Crippen LogP contribution in [0.2, 0.25) is 0 Å². The van der Waals surface area contributed by atoms with Gasteiger partial charge in [0, 0.05) is 17.2 Å². The zero-order valence-electron chi connectivity index (χ0n) is 17.7. The van der Waals surface area contributed by atoms with Gasteiger partial charge in [0.25, 0.3) is 0 Å². The molecule has 0 saturated heterocycles. The number of aromatic nitrogens is 1. The highest BCUT2D eigenvalue weighted by Crippen LogP contribution is 2.56. The number of anilines is 1. The van der Waals surface area contributed by atoms with E-state index in [0.717, 1.165) is 20.8 Å². The molecule has 1 aliphatic carbocycles. The lowest BCUT2D eigenvalue weighted by Gasteiger charge is -2.37. The number of carboxylic acid groups (broad SMARTS) is 1. The number of thiazole rings is 1. The number of carbonyl (C=O) groups excluding carboxylic acids is 1. The number of hydrogen-bond acceptors (Lipinski definition) is 4. The number of carbonyl (C=O) groups is 2. The summed E-state index contributed by atoms with van der Waals surface area (Å²) in [5, 5.41) is 13.6. The van der Waals surface area contributed by atoms with Gasteiger partial charge in [0.1, 0.15) is 5.01 Å². The predicted octanol–water partition coefficient (Wildman–Crippen LogP) is 5.74.